The lowest BCUT2D eigenvalue weighted by Crippen LogP contribution is -2.44. The van der Waals surface area contributed by atoms with Gasteiger partial charge in [0.25, 0.3) is 5.91 Å². The van der Waals surface area contributed by atoms with Crippen LogP contribution in [-0.2, 0) is 18.3 Å². The van der Waals surface area contributed by atoms with E-state index >= 15 is 0 Å². The Labute approximate surface area is 170 Å². The number of carbonyl (C=O) groups is 1. The summed E-state index contributed by atoms with van der Waals surface area (Å²) in [6, 6.07) is 9.82. The average molecular weight is 403 g/mol. The number of ether oxygens (including phenoxy) is 1. The van der Waals surface area contributed by atoms with Gasteiger partial charge in [-0.3, -0.25) is 14.4 Å². The third kappa shape index (κ3) is 4.57. The van der Waals surface area contributed by atoms with E-state index in [0.717, 1.165) is 50.3 Å². The summed E-state index contributed by atoms with van der Waals surface area (Å²) in [6.07, 6.45) is 6.03. The normalized spacial score (nSPS) is 21.9. The Morgan fingerprint density at radius 3 is 2.68 bits per heavy atom. The summed E-state index contributed by atoms with van der Waals surface area (Å²) >= 11 is 5.97. The third-order valence-electron chi connectivity index (χ3n) is 5.86. The van der Waals surface area contributed by atoms with Crippen LogP contribution in [0.25, 0.3) is 0 Å². The van der Waals surface area contributed by atoms with E-state index in [0.29, 0.717) is 12.2 Å². The van der Waals surface area contributed by atoms with Crippen LogP contribution in [0.5, 0.6) is 0 Å². The molecule has 2 aliphatic heterocycles. The Kier molecular flexibility index (Phi) is 5.71. The Balaban J connectivity index is 1.23. The quantitative estimate of drug-likeness (QED) is 0.835. The molecule has 7 heteroatoms. The maximum absolute atomic E-state index is 12.2. The first-order chi connectivity index (χ1) is 13.5. The van der Waals surface area contributed by atoms with Crippen molar-refractivity contribution < 1.29 is 9.53 Å². The number of amides is 1. The van der Waals surface area contributed by atoms with Gasteiger partial charge >= 0.3 is 0 Å². The highest BCUT2D eigenvalue weighted by molar-refractivity contribution is 6.30. The molecule has 28 heavy (non-hydrogen) atoms. The minimum atomic E-state index is -0.136. The Morgan fingerprint density at radius 2 is 2.00 bits per heavy atom. The van der Waals surface area contributed by atoms with E-state index in [1.165, 1.54) is 5.56 Å². The molecular weight excluding hydrogens is 376 g/mol. The Hall–Kier alpha value is -1.89. The Bertz CT molecular complexity index is 812. The van der Waals surface area contributed by atoms with Crippen LogP contribution in [-0.4, -0.2) is 51.9 Å². The lowest BCUT2D eigenvalue weighted by atomic mass is 9.88. The van der Waals surface area contributed by atoms with E-state index in [9.17, 15) is 4.79 Å². The molecule has 1 aromatic carbocycles. The first kappa shape index (κ1) is 19.4. The summed E-state index contributed by atoms with van der Waals surface area (Å²) in [6.45, 7) is 3.58. The van der Waals surface area contributed by atoms with Crippen LogP contribution >= 0.6 is 11.6 Å². The van der Waals surface area contributed by atoms with Gasteiger partial charge < -0.3 is 10.1 Å². The van der Waals surface area contributed by atoms with Gasteiger partial charge in [-0.1, -0.05) is 23.7 Å². The summed E-state index contributed by atoms with van der Waals surface area (Å²) in [7, 11) is 1.81. The minimum Gasteiger partial charge on any atom is -0.370 e. The van der Waals surface area contributed by atoms with Crippen molar-refractivity contribution in [3.05, 3.63) is 52.8 Å². The van der Waals surface area contributed by atoms with Gasteiger partial charge in [0, 0.05) is 44.4 Å². The van der Waals surface area contributed by atoms with E-state index in [-0.39, 0.29) is 17.6 Å². The van der Waals surface area contributed by atoms with Crippen LogP contribution in [0.1, 0.15) is 41.7 Å². The highest BCUT2D eigenvalue weighted by atomic mass is 35.5. The molecule has 4 rings (SSSR count). The number of halogens is 1. The van der Waals surface area contributed by atoms with Crippen molar-refractivity contribution in [3.63, 3.8) is 0 Å². The van der Waals surface area contributed by atoms with Crippen LogP contribution in [0.4, 0.5) is 0 Å². The zero-order valence-electron chi connectivity index (χ0n) is 16.2. The number of likely N-dealkylation sites (tertiary alicyclic amines) is 1. The van der Waals surface area contributed by atoms with Crippen molar-refractivity contribution in [1.82, 2.24) is 20.0 Å². The second kappa shape index (κ2) is 8.23. The molecule has 1 N–H and O–H groups in total. The van der Waals surface area contributed by atoms with Crippen LogP contribution in [0.3, 0.4) is 0 Å². The lowest BCUT2D eigenvalue weighted by molar-refractivity contribution is -0.0764. The fourth-order valence-corrected chi connectivity index (χ4v) is 4.33. The van der Waals surface area contributed by atoms with E-state index in [2.05, 4.69) is 27.4 Å². The molecule has 2 saturated heterocycles. The van der Waals surface area contributed by atoms with Crippen LogP contribution in [0, 0.1) is 0 Å². The molecule has 2 aromatic rings. The van der Waals surface area contributed by atoms with E-state index in [1.54, 1.807) is 24.0 Å². The van der Waals surface area contributed by atoms with Crippen LogP contribution in [0.2, 0.25) is 5.02 Å². The largest absolute Gasteiger partial charge is 0.370 e. The molecule has 2 fully saturated rings. The number of benzene rings is 1. The van der Waals surface area contributed by atoms with Crippen molar-refractivity contribution >= 4 is 17.5 Å². The third-order valence-corrected chi connectivity index (χ3v) is 6.11. The van der Waals surface area contributed by atoms with Crippen molar-refractivity contribution in [1.29, 1.82) is 0 Å². The first-order valence-corrected chi connectivity index (χ1v) is 10.3. The molecule has 0 radical (unpaired) electrons. The number of nitrogens with zero attached hydrogens (tertiary/aromatic N) is 3. The molecular formula is C21H27ClN4O2. The molecule has 1 atom stereocenters. The van der Waals surface area contributed by atoms with E-state index in [1.807, 2.05) is 12.1 Å². The monoisotopic (exact) mass is 402 g/mol. The van der Waals surface area contributed by atoms with Gasteiger partial charge in [0.15, 0.2) is 0 Å². The molecule has 0 saturated carbocycles. The predicted molar refractivity (Wildman–Crippen MR) is 108 cm³/mol. The molecule has 0 bridgehead atoms. The zero-order chi connectivity index (χ0) is 19.6. The maximum atomic E-state index is 12.2. The van der Waals surface area contributed by atoms with Gasteiger partial charge in [0.05, 0.1) is 11.7 Å². The number of nitrogens with one attached hydrogen (secondary N) is 1. The number of carbonyl (C=O) groups excluding carboxylic acids is 1. The average Bonchev–Trinajstić information content (AvgIpc) is 3.30. The van der Waals surface area contributed by atoms with Gasteiger partial charge in [-0.2, -0.15) is 5.10 Å². The summed E-state index contributed by atoms with van der Waals surface area (Å²) in [5.41, 5.74) is 1.73. The van der Waals surface area contributed by atoms with Gasteiger partial charge in [-0.05, 0) is 49.4 Å². The van der Waals surface area contributed by atoms with Gasteiger partial charge in [-0.15, -0.1) is 0 Å². The fraction of sp³-hybridized carbons (Fsp3) is 0.524. The topological polar surface area (TPSA) is 59.4 Å². The van der Waals surface area contributed by atoms with Gasteiger partial charge in [0.2, 0.25) is 0 Å². The molecule has 1 aromatic heterocycles. The molecule has 1 amide bonds. The molecule has 6 nitrogen and oxygen atoms in total. The molecule has 150 valence electrons. The number of hydrogen-bond donors (Lipinski definition) is 1. The molecule has 2 aliphatic rings. The van der Waals surface area contributed by atoms with Crippen molar-refractivity contribution in [2.75, 3.05) is 19.6 Å². The SMILES string of the molecule is Cn1ccc(C(=O)NC[C@H]2CCC3(CCN(Cc4ccc(Cl)cc4)CC3)O2)n1. The lowest BCUT2D eigenvalue weighted by Gasteiger charge is -2.39. The maximum Gasteiger partial charge on any atom is 0.271 e. The van der Waals surface area contributed by atoms with Crippen molar-refractivity contribution in [2.45, 2.75) is 43.9 Å². The number of piperidine rings is 1. The van der Waals surface area contributed by atoms with Gasteiger partial charge in [-0.25, -0.2) is 0 Å². The zero-order valence-corrected chi connectivity index (χ0v) is 17.0. The Morgan fingerprint density at radius 1 is 1.25 bits per heavy atom. The van der Waals surface area contributed by atoms with Crippen LogP contribution < -0.4 is 5.32 Å². The van der Waals surface area contributed by atoms with Gasteiger partial charge in [0.1, 0.15) is 5.69 Å². The predicted octanol–water partition coefficient (Wildman–Crippen LogP) is 3.02. The molecule has 3 heterocycles. The second-order valence-electron chi connectivity index (χ2n) is 7.95. The number of hydrogen-bond acceptors (Lipinski definition) is 4. The van der Waals surface area contributed by atoms with Crippen molar-refractivity contribution in [3.8, 4) is 0 Å². The fourth-order valence-electron chi connectivity index (χ4n) is 4.21. The standard InChI is InChI=1S/C21H27ClN4O2/c1-25-11-7-19(24-25)20(27)23-14-18-6-8-21(28-18)9-12-26(13-10-21)15-16-2-4-17(22)5-3-16/h2-5,7,11,18H,6,8-10,12-15H2,1H3,(H,23,27)/t18-/m1/s1. The molecule has 0 unspecified atom stereocenters. The van der Waals surface area contributed by atoms with Crippen LogP contribution in [0.15, 0.2) is 36.5 Å². The highest BCUT2D eigenvalue weighted by Crippen LogP contribution is 2.39. The molecule has 1 spiro atoms. The second-order valence-corrected chi connectivity index (χ2v) is 8.39. The number of aromatic nitrogens is 2. The minimum absolute atomic E-state index is 0.0170. The van der Waals surface area contributed by atoms with E-state index < -0.39 is 0 Å². The number of rotatable bonds is 5. The number of aryl methyl sites for hydroxylation is 1. The molecule has 0 aliphatic carbocycles. The summed E-state index contributed by atoms with van der Waals surface area (Å²) in [5.74, 6) is -0.136. The summed E-state index contributed by atoms with van der Waals surface area (Å²) in [5, 5.41) is 7.88. The van der Waals surface area contributed by atoms with E-state index in [4.69, 9.17) is 16.3 Å². The smallest absolute Gasteiger partial charge is 0.271 e. The first-order valence-electron chi connectivity index (χ1n) is 9.94. The van der Waals surface area contributed by atoms with Crippen molar-refractivity contribution in [2.24, 2.45) is 7.05 Å². The summed E-state index contributed by atoms with van der Waals surface area (Å²) in [4.78, 5) is 14.6. The summed E-state index contributed by atoms with van der Waals surface area (Å²) < 4.78 is 8.04. The highest BCUT2D eigenvalue weighted by Gasteiger charge is 2.42.